The molecule has 112 valence electrons. The van der Waals surface area contributed by atoms with E-state index in [1.807, 2.05) is 13.8 Å². The van der Waals surface area contributed by atoms with Gasteiger partial charge in [0.2, 0.25) is 0 Å². The molecule has 1 aliphatic rings. The molecule has 0 bridgehead atoms. The molecule has 2 heterocycles. The van der Waals surface area contributed by atoms with Crippen LogP contribution in [-0.2, 0) is 0 Å². The van der Waals surface area contributed by atoms with E-state index in [-0.39, 0.29) is 16.6 Å². The number of nitrogens with one attached hydrogen (secondary N) is 1. The molecular weight excluding hydrogens is 276 g/mol. The van der Waals surface area contributed by atoms with E-state index in [2.05, 4.69) is 15.3 Å². The third-order valence-electron chi connectivity index (χ3n) is 3.62. The molecule has 5 nitrogen and oxygen atoms in total. The lowest BCUT2D eigenvalue weighted by atomic mass is 10.1. The van der Waals surface area contributed by atoms with E-state index in [9.17, 15) is 4.79 Å². The molecule has 1 N–H and O–H groups in total. The van der Waals surface area contributed by atoms with Crippen LogP contribution in [0.5, 0.6) is 0 Å². The molecule has 20 heavy (non-hydrogen) atoms. The van der Waals surface area contributed by atoms with Gasteiger partial charge in [0, 0.05) is 13.1 Å². The van der Waals surface area contributed by atoms with Crippen LogP contribution in [0.25, 0.3) is 0 Å². The SMILES string of the molecule is CC(C)n1ncc(NCCN2CCCCC2)c(Cl)c1=O. The smallest absolute Gasteiger partial charge is 0.287 e. The predicted octanol–water partition coefficient (Wildman–Crippen LogP) is 2.38. The zero-order valence-corrected chi connectivity index (χ0v) is 13.0. The molecule has 0 aromatic carbocycles. The maximum atomic E-state index is 12.0. The molecule has 0 unspecified atom stereocenters. The number of nitrogens with zero attached hydrogens (tertiary/aromatic N) is 3. The highest BCUT2D eigenvalue weighted by atomic mass is 35.5. The Morgan fingerprint density at radius 2 is 2.05 bits per heavy atom. The fourth-order valence-electron chi connectivity index (χ4n) is 2.47. The second kappa shape index (κ2) is 7.09. The van der Waals surface area contributed by atoms with Gasteiger partial charge >= 0.3 is 0 Å². The van der Waals surface area contributed by atoms with Crippen LogP contribution in [0.4, 0.5) is 5.69 Å². The molecule has 1 aromatic rings. The van der Waals surface area contributed by atoms with Crippen molar-refractivity contribution in [2.75, 3.05) is 31.5 Å². The van der Waals surface area contributed by atoms with Gasteiger partial charge < -0.3 is 10.2 Å². The summed E-state index contributed by atoms with van der Waals surface area (Å²) in [4.78, 5) is 14.5. The molecule has 1 saturated heterocycles. The zero-order valence-electron chi connectivity index (χ0n) is 12.2. The lowest BCUT2D eigenvalue weighted by Gasteiger charge is -2.26. The lowest BCUT2D eigenvalue weighted by molar-refractivity contribution is 0.237. The van der Waals surface area contributed by atoms with E-state index in [1.165, 1.54) is 37.0 Å². The van der Waals surface area contributed by atoms with Crippen molar-refractivity contribution in [2.45, 2.75) is 39.2 Å². The van der Waals surface area contributed by atoms with Crippen molar-refractivity contribution in [1.29, 1.82) is 0 Å². The van der Waals surface area contributed by atoms with Crippen molar-refractivity contribution in [2.24, 2.45) is 0 Å². The highest BCUT2D eigenvalue weighted by Gasteiger charge is 2.12. The van der Waals surface area contributed by atoms with Crippen molar-refractivity contribution >= 4 is 17.3 Å². The molecule has 0 saturated carbocycles. The summed E-state index contributed by atoms with van der Waals surface area (Å²) in [5.41, 5.74) is 0.398. The number of hydrogen-bond acceptors (Lipinski definition) is 4. The number of aromatic nitrogens is 2. The summed E-state index contributed by atoms with van der Waals surface area (Å²) in [5, 5.41) is 7.59. The minimum absolute atomic E-state index is 0.0161. The normalized spacial score (nSPS) is 16.6. The van der Waals surface area contributed by atoms with Crippen LogP contribution < -0.4 is 10.9 Å². The quantitative estimate of drug-likeness (QED) is 0.907. The summed E-state index contributed by atoms with van der Waals surface area (Å²) in [6.45, 7) is 7.92. The first-order valence-corrected chi connectivity index (χ1v) is 7.71. The summed E-state index contributed by atoms with van der Waals surface area (Å²) in [7, 11) is 0. The second-order valence-electron chi connectivity index (χ2n) is 5.54. The van der Waals surface area contributed by atoms with Crippen molar-refractivity contribution in [1.82, 2.24) is 14.7 Å². The number of hydrogen-bond donors (Lipinski definition) is 1. The van der Waals surface area contributed by atoms with Crippen molar-refractivity contribution in [3.63, 3.8) is 0 Å². The van der Waals surface area contributed by atoms with Gasteiger partial charge in [0.05, 0.1) is 17.9 Å². The van der Waals surface area contributed by atoms with Gasteiger partial charge in [-0.25, -0.2) is 4.68 Å². The largest absolute Gasteiger partial charge is 0.381 e. The molecule has 0 amide bonds. The first-order chi connectivity index (χ1) is 9.59. The monoisotopic (exact) mass is 298 g/mol. The molecule has 0 atom stereocenters. The van der Waals surface area contributed by atoms with Gasteiger partial charge in [-0.3, -0.25) is 4.79 Å². The minimum Gasteiger partial charge on any atom is -0.381 e. The summed E-state index contributed by atoms with van der Waals surface area (Å²) >= 11 is 6.11. The first-order valence-electron chi connectivity index (χ1n) is 7.33. The van der Waals surface area contributed by atoms with Gasteiger partial charge in [-0.1, -0.05) is 18.0 Å². The van der Waals surface area contributed by atoms with Crippen LogP contribution in [0.2, 0.25) is 5.02 Å². The molecule has 1 aromatic heterocycles. The summed E-state index contributed by atoms with van der Waals surface area (Å²) in [5.74, 6) is 0. The van der Waals surface area contributed by atoms with Crippen LogP contribution >= 0.6 is 11.6 Å². The van der Waals surface area contributed by atoms with Crippen LogP contribution in [0.3, 0.4) is 0 Å². The lowest BCUT2D eigenvalue weighted by Crippen LogP contribution is -2.34. The van der Waals surface area contributed by atoms with E-state index in [0.717, 1.165) is 13.1 Å². The van der Waals surface area contributed by atoms with Crippen molar-refractivity contribution in [3.8, 4) is 0 Å². The number of piperidine rings is 1. The van der Waals surface area contributed by atoms with E-state index < -0.39 is 0 Å². The molecule has 6 heteroatoms. The van der Waals surface area contributed by atoms with Crippen LogP contribution in [0, 0.1) is 0 Å². The van der Waals surface area contributed by atoms with E-state index in [0.29, 0.717) is 5.69 Å². The maximum Gasteiger partial charge on any atom is 0.287 e. The molecule has 0 radical (unpaired) electrons. The van der Waals surface area contributed by atoms with Crippen LogP contribution in [-0.4, -0.2) is 40.9 Å². The van der Waals surface area contributed by atoms with Gasteiger partial charge in [0.25, 0.3) is 5.56 Å². The van der Waals surface area contributed by atoms with Crippen molar-refractivity contribution in [3.05, 3.63) is 21.6 Å². The third-order valence-corrected chi connectivity index (χ3v) is 3.99. The molecule has 0 spiro atoms. The average molecular weight is 299 g/mol. The Labute approximate surface area is 124 Å². The second-order valence-corrected chi connectivity index (χ2v) is 5.92. The topological polar surface area (TPSA) is 50.2 Å². The summed E-state index contributed by atoms with van der Waals surface area (Å²) < 4.78 is 1.40. The molecule has 1 aliphatic heterocycles. The van der Waals surface area contributed by atoms with Crippen LogP contribution in [0.1, 0.15) is 39.2 Å². The van der Waals surface area contributed by atoms with Crippen LogP contribution in [0.15, 0.2) is 11.0 Å². The first kappa shape index (κ1) is 15.3. The zero-order chi connectivity index (χ0) is 14.5. The minimum atomic E-state index is -0.232. The van der Waals surface area contributed by atoms with Crippen molar-refractivity contribution < 1.29 is 0 Å². The maximum absolute atomic E-state index is 12.0. The Bertz CT molecular complexity index is 494. The van der Waals surface area contributed by atoms with Gasteiger partial charge in [0.1, 0.15) is 5.02 Å². The number of likely N-dealkylation sites (tertiary alicyclic amines) is 1. The molecule has 0 aliphatic carbocycles. The Morgan fingerprint density at radius 3 is 2.70 bits per heavy atom. The van der Waals surface area contributed by atoms with E-state index >= 15 is 0 Å². The summed E-state index contributed by atoms with van der Waals surface area (Å²) in [6.07, 6.45) is 5.55. The fourth-order valence-corrected chi connectivity index (χ4v) is 2.67. The third kappa shape index (κ3) is 3.73. The van der Waals surface area contributed by atoms with Gasteiger partial charge in [-0.15, -0.1) is 0 Å². The standard InChI is InChI=1S/C14H23ClN4O/c1-11(2)19-14(20)13(15)12(10-17-19)16-6-9-18-7-4-3-5-8-18/h10-11,16H,3-9H2,1-2H3. The highest BCUT2D eigenvalue weighted by Crippen LogP contribution is 2.16. The summed E-state index contributed by atoms with van der Waals surface area (Å²) in [6, 6.07) is 0.0161. The number of rotatable bonds is 5. The highest BCUT2D eigenvalue weighted by molar-refractivity contribution is 6.32. The molecule has 2 rings (SSSR count). The fraction of sp³-hybridized carbons (Fsp3) is 0.714. The Hall–Kier alpha value is -1.07. The Morgan fingerprint density at radius 1 is 1.35 bits per heavy atom. The predicted molar refractivity (Wildman–Crippen MR) is 82.7 cm³/mol. The van der Waals surface area contributed by atoms with E-state index in [1.54, 1.807) is 6.20 Å². The number of anilines is 1. The van der Waals surface area contributed by atoms with Gasteiger partial charge in [0.15, 0.2) is 0 Å². The van der Waals surface area contributed by atoms with E-state index in [4.69, 9.17) is 11.6 Å². The Kier molecular flexibility index (Phi) is 5.43. The molecular formula is C14H23ClN4O. The Balaban J connectivity index is 1.93. The van der Waals surface area contributed by atoms with Gasteiger partial charge in [-0.05, 0) is 39.8 Å². The van der Waals surface area contributed by atoms with Gasteiger partial charge in [-0.2, -0.15) is 5.10 Å². The average Bonchev–Trinajstić information content (AvgIpc) is 2.44. The molecule has 1 fully saturated rings. The number of halogens is 1.